The van der Waals surface area contributed by atoms with Crippen LogP contribution < -0.4 is 10.1 Å². The van der Waals surface area contributed by atoms with Crippen LogP contribution in [-0.4, -0.2) is 56.0 Å². The van der Waals surface area contributed by atoms with E-state index < -0.39 is 0 Å². The Hall–Kier alpha value is -3.48. The van der Waals surface area contributed by atoms with Crippen molar-refractivity contribution in [3.63, 3.8) is 0 Å². The number of benzene rings is 3. The highest BCUT2D eigenvalue weighted by molar-refractivity contribution is 6.01. The van der Waals surface area contributed by atoms with Crippen molar-refractivity contribution in [1.82, 2.24) is 4.90 Å². The number of carbonyl (C=O) groups is 2. The van der Waals surface area contributed by atoms with Crippen molar-refractivity contribution in [2.45, 2.75) is 25.8 Å². The van der Waals surface area contributed by atoms with Crippen LogP contribution in [-0.2, 0) is 16.0 Å². The van der Waals surface area contributed by atoms with Crippen LogP contribution in [0.2, 0.25) is 0 Å². The molecule has 1 N–H and O–H groups in total. The van der Waals surface area contributed by atoms with Gasteiger partial charge in [-0.3, -0.25) is 14.5 Å². The molecule has 35 heavy (non-hydrogen) atoms. The van der Waals surface area contributed by atoms with Gasteiger partial charge in [0, 0.05) is 25.1 Å². The van der Waals surface area contributed by atoms with E-state index in [0.717, 1.165) is 29.8 Å². The molecule has 0 aromatic heterocycles. The van der Waals surface area contributed by atoms with Crippen molar-refractivity contribution in [1.29, 1.82) is 0 Å². The van der Waals surface area contributed by atoms with Gasteiger partial charge < -0.3 is 14.8 Å². The van der Waals surface area contributed by atoms with Gasteiger partial charge in [0.15, 0.2) is 5.78 Å². The number of amides is 1. The number of Topliss-reactive ketones (excluding diaryl/α,β-unsaturated/α-hetero) is 1. The van der Waals surface area contributed by atoms with E-state index >= 15 is 0 Å². The second-order valence-electron chi connectivity index (χ2n) is 8.64. The Labute approximate surface area is 206 Å². The average Bonchev–Trinajstić information content (AvgIpc) is 2.90. The Bertz CT molecular complexity index is 1140. The molecule has 182 valence electrons. The second kappa shape index (κ2) is 11.8. The number of hydrogen-bond acceptors (Lipinski definition) is 5. The van der Waals surface area contributed by atoms with Gasteiger partial charge in [0.2, 0.25) is 5.91 Å². The molecule has 0 saturated carbocycles. The van der Waals surface area contributed by atoms with Crippen LogP contribution in [0.1, 0.15) is 29.3 Å². The molecule has 1 fully saturated rings. The Morgan fingerprint density at radius 1 is 0.971 bits per heavy atom. The molecule has 4 rings (SSSR count). The van der Waals surface area contributed by atoms with Gasteiger partial charge in [0.1, 0.15) is 5.75 Å². The van der Waals surface area contributed by atoms with Crippen molar-refractivity contribution in [3.8, 4) is 16.9 Å². The highest BCUT2D eigenvalue weighted by atomic mass is 16.5. The van der Waals surface area contributed by atoms with Crippen LogP contribution in [0.25, 0.3) is 11.1 Å². The van der Waals surface area contributed by atoms with Crippen LogP contribution in [0, 0.1) is 0 Å². The summed E-state index contributed by atoms with van der Waals surface area (Å²) in [7, 11) is 1.56. The first-order chi connectivity index (χ1) is 17.1. The highest BCUT2D eigenvalue weighted by Gasteiger charge is 2.26. The van der Waals surface area contributed by atoms with Gasteiger partial charge in [0.05, 0.1) is 32.1 Å². The van der Waals surface area contributed by atoms with Crippen molar-refractivity contribution < 1.29 is 19.1 Å². The fourth-order valence-corrected chi connectivity index (χ4v) is 4.43. The fourth-order valence-electron chi connectivity index (χ4n) is 4.43. The molecule has 6 nitrogen and oxygen atoms in total. The Morgan fingerprint density at radius 2 is 1.66 bits per heavy atom. The van der Waals surface area contributed by atoms with Gasteiger partial charge in [-0.25, -0.2) is 0 Å². The van der Waals surface area contributed by atoms with E-state index in [4.69, 9.17) is 9.47 Å². The summed E-state index contributed by atoms with van der Waals surface area (Å²) in [5, 5.41) is 3.00. The summed E-state index contributed by atoms with van der Waals surface area (Å²) in [5.41, 5.74) is 4.24. The molecule has 0 aliphatic carbocycles. The molecule has 0 radical (unpaired) electrons. The third kappa shape index (κ3) is 6.15. The van der Waals surface area contributed by atoms with Crippen LogP contribution in [0.4, 0.5) is 5.69 Å². The third-order valence-electron chi connectivity index (χ3n) is 6.38. The predicted octanol–water partition coefficient (Wildman–Crippen LogP) is 4.84. The molecule has 1 aliphatic heterocycles. The molecule has 1 unspecified atom stereocenters. The number of hydrogen-bond donors (Lipinski definition) is 1. The Balaban J connectivity index is 1.46. The standard InChI is InChI=1S/C29H32N2O4/c1-3-26(31-15-17-35-18-16-31)29(33)30-25-20-24(13-14-28(25)34-2)27(32)19-21-9-11-23(12-10-21)22-7-5-4-6-8-22/h4-14,20,26H,3,15-19H2,1-2H3,(H,30,33). The Kier molecular flexibility index (Phi) is 8.29. The lowest BCUT2D eigenvalue weighted by Crippen LogP contribution is -2.49. The molecule has 3 aromatic rings. The minimum Gasteiger partial charge on any atom is -0.495 e. The normalized spacial score (nSPS) is 14.8. The minimum absolute atomic E-state index is 0.0177. The topological polar surface area (TPSA) is 67.9 Å². The summed E-state index contributed by atoms with van der Waals surface area (Å²) in [5.74, 6) is 0.406. The maximum Gasteiger partial charge on any atom is 0.241 e. The molecule has 6 heteroatoms. The lowest BCUT2D eigenvalue weighted by Gasteiger charge is -2.33. The van der Waals surface area contributed by atoms with Gasteiger partial charge in [-0.15, -0.1) is 0 Å². The molecule has 0 spiro atoms. The summed E-state index contributed by atoms with van der Waals surface area (Å²) >= 11 is 0. The van der Waals surface area contributed by atoms with Crippen molar-refractivity contribution >= 4 is 17.4 Å². The van der Waals surface area contributed by atoms with Gasteiger partial charge >= 0.3 is 0 Å². The maximum absolute atomic E-state index is 13.1. The van der Waals surface area contributed by atoms with Crippen molar-refractivity contribution in [3.05, 3.63) is 83.9 Å². The summed E-state index contributed by atoms with van der Waals surface area (Å²) in [4.78, 5) is 28.3. The SMILES string of the molecule is CCC(C(=O)Nc1cc(C(=O)Cc2ccc(-c3ccccc3)cc2)ccc1OC)N1CCOCC1. The zero-order valence-corrected chi connectivity index (χ0v) is 20.3. The number of rotatable bonds is 9. The van der Waals surface area contributed by atoms with Crippen LogP contribution in [0.3, 0.4) is 0 Å². The number of ketones is 1. The van der Waals surface area contributed by atoms with E-state index in [1.54, 1.807) is 25.3 Å². The van der Waals surface area contributed by atoms with Crippen LogP contribution in [0.15, 0.2) is 72.8 Å². The highest BCUT2D eigenvalue weighted by Crippen LogP contribution is 2.27. The van der Waals surface area contributed by atoms with Gasteiger partial charge in [-0.05, 0) is 41.3 Å². The average molecular weight is 473 g/mol. The lowest BCUT2D eigenvalue weighted by molar-refractivity contribution is -0.123. The van der Waals surface area contributed by atoms with Gasteiger partial charge in [-0.1, -0.05) is 61.5 Å². The van der Waals surface area contributed by atoms with E-state index in [2.05, 4.69) is 22.3 Å². The van der Waals surface area contributed by atoms with Gasteiger partial charge in [0.25, 0.3) is 0 Å². The van der Waals surface area contributed by atoms with E-state index in [0.29, 0.717) is 36.6 Å². The van der Waals surface area contributed by atoms with Crippen LogP contribution in [0.5, 0.6) is 5.75 Å². The number of anilines is 1. The molecular formula is C29H32N2O4. The molecule has 1 aliphatic rings. The Morgan fingerprint density at radius 3 is 2.31 bits per heavy atom. The van der Waals surface area contributed by atoms with Gasteiger partial charge in [-0.2, -0.15) is 0 Å². The summed E-state index contributed by atoms with van der Waals surface area (Å²) in [6, 6.07) is 23.1. The van der Waals surface area contributed by atoms with E-state index in [1.165, 1.54) is 0 Å². The lowest BCUT2D eigenvalue weighted by atomic mass is 9.99. The summed E-state index contributed by atoms with van der Waals surface area (Å²) in [6.45, 7) is 4.71. The predicted molar refractivity (Wildman–Crippen MR) is 138 cm³/mol. The van der Waals surface area contributed by atoms with Crippen molar-refractivity contribution in [2.75, 3.05) is 38.7 Å². The molecule has 1 heterocycles. The fraction of sp³-hybridized carbons (Fsp3) is 0.310. The number of nitrogens with one attached hydrogen (secondary N) is 1. The summed E-state index contributed by atoms with van der Waals surface area (Å²) in [6.07, 6.45) is 0.964. The first kappa shape index (κ1) is 24.6. The molecule has 0 bridgehead atoms. The molecule has 1 saturated heterocycles. The first-order valence-electron chi connectivity index (χ1n) is 12.1. The molecule has 1 amide bonds. The van der Waals surface area contributed by atoms with E-state index in [9.17, 15) is 9.59 Å². The largest absolute Gasteiger partial charge is 0.495 e. The van der Waals surface area contributed by atoms with E-state index in [1.807, 2.05) is 49.4 Å². The molecular weight excluding hydrogens is 440 g/mol. The summed E-state index contributed by atoms with van der Waals surface area (Å²) < 4.78 is 10.9. The molecule has 1 atom stereocenters. The molecule has 3 aromatic carbocycles. The number of methoxy groups -OCH3 is 1. The number of nitrogens with zero attached hydrogens (tertiary/aromatic N) is 1. The minimum atomic E-state index is -0.258. The van der Waals surface area contributed by atoms with Crippen LogP contribution >= 0.6 is 0 Å². The monoisotopic (exact) mass is 472 g/mol. The quantitative estimate of drug-likeness (QED) is 0.452. The number of ether oxygens (including phenoxy) is 2. The smallest absolute Gasteiger partial charge is 0.241 e. The maximum atomic E-state index is 13.1. The van der Waals surface area contributed by atoms with E-state index in [-0.39, 0.29) is 24.2 Å². The zero-order valence-electron chi connectivity index (χ0n) is 20.3. The first-order valence-corrected chi connectivity index (χ1v) is 12.1. The third-order valence-corrected chi connectivity index (χ3v) is 6.38. The van der Waals surface area contributed by atoms with Crippen molar-refractivity contribution in [2.24, 2.45) is 0 Å². The second-order valence-corrected chi connectivity index (χ2v) is 8.64. The zero-order chi connectivity index (χ0) is 24.6. The number of carbonyl (C=O) groups excluding carboxylic acids is 2. The number of morpholine rings is 1.